The van der Waals surface area contributed by atoms with Gasteiger partial charge in [-0.15, -0.1) is 0 Å². The van der Waals surface area contributed by atoms with Crippen molar-refractivity contribution in [1.29, 1.82) is 0 Å². The van der Waals surface area contributed by atoms with E-state index in [-0.39, 0.29) is 12.3 Å². The Morgan fingerprint density at radius 3 is 2.83 bits per heavy atom. The molecule has 0 bridgehead atoms. The van der Waals surface area contributed by atoms with Gasteiger partial charge in [0.15, 0.2) is 5.69 Å². The number of aliphatic hydroxyl groups is 1. The molecular weight excluding hydrogens is 330 g/mol. The van der Waals surface area contributed by atoms with Crippen molar-refractivity contribution in [2.24, 2.45) is 0 Å². The van der Waals surface area contributed by atoms with Crippen LogP contribution in [0.25, 0.3) is 5.69 Å². The van der Waals surface area contributed by atoms with Crippen molar-refractivity contribution in [3.8, 4) is 5.69 Å². The fraction of sp³-hybridized carbons (Fsp3) is 0.176. The minimum atomic E-state index is -0.627. The number of furan rings is 1. The summed E-state index contributed by atoms with van der Waals surface area (Å²) < 4.78 is 6.83. The molecule has 3 aromatic rings. The number of nitrogens with zero attached hydrogens (tertiary/aromatic N) is 2. The van der Waals surface area contributed by atoms with Gasteiger partial charge in [-0.1, -0.05) is 23.7 Å². The lowest BCUT2D eigenvalue weighted by Crippen LogP contribution is -2.30. The molecule has 1 unspecified atom stereocenters. The Kier molecular flexibility index (Phi) is 4.69. The summed E-state index contributed by atoms with van der Waals surface area (Å²) >= 11 is 6.19. The molecular formula is C17H16ClN3O3. The average molecular weight is 346 g/mol. The van der Waals surface area contributed by atoms with Crippen LogP contribution in [0.3, 0.4) is 0 Å². The predicted octanol–water partition coefficient (Wildman–Crippen LogP) is 2.89. The first-order valence-electron chi connectivity index (χ1n) is 7.37. The number of halogens is 1. The van der Waals surface area contributed by atoms with E-state index in [1.165, 1.54) is 6.26 Å². The van der Waals surface area contributed by atoms with Gasteiger partial charge in [-0.3, -0.25) is 4.79 Å². The summed E-state index contributed by atoms with van der Waals surface area (Å²) in [7, 11) is 0. The topological polar surface area (TPSA) is 80.3 Å². The Labute approximate surface area is 143 Å². The Balaban J connectivity index is 1.84. The number of aromatic nitrogens is 2. The van der Waals surface area contributed by atoms with Crippen LogP contribution >= 0.6 is 11.6 Å². The number of amides is 1. The number of carbonyl (C=O) groups is 1. The van der Waals surface area contributed by atoms with Gasteiger partial charge in [0.2, 0.25) is 0 Å². The standard InChI is InChI=1S/C17H16ClN3O3/c1-11-9-13(20-21(11)15-6-3-2-5-12(15)18)17(23)19-14(10-22)16-7-4-8-24-16/h2-9,14,22H,10H2,1H3,(H,19,23). The monoisotopic (exact) mass is 345 g/mol. The van der Waals surface area contributed by atoms with E-state index in [9.17, 15) is 9.90 Å². The molecule has 0 aliphatic carbocycles. The van der Waals surface area contributed by atoms with E-state index in [1.54, 1.807) is 28.9 Å². The summed E-state index contributed by atoms with van der Waals surface area (Å²) in [6.07, 6.45) is 1.49. The molecule has 0 saturated heterocycles. The van der Waals surface area contributed by atoms with Gasteiger partial charge in [0.1, 0.15) is 11.8 Å². The molecule has 7 heteroatoms. The van der Waals surface area contributed by atoms with Gasteiger partial charge in [0.05, 0.1) is 23.6 Å². The minimum absolute atomic E-state index is 0.234. The predicted molar refractivity (Wildman–Crippen MR) is 89.3 cm³/mol. The summed E-state index contributed by atoms with van der Waals surface area (Å²) in [5.74, 6) is 0.0764. The van der Waals surface area contributed by atoms with Crippen LogP contribution in [0.5, 0.6) is 0 Å². The number of benzene rings is 1. The normalized spacial score (nSPS) is 12.1. The highest BCUT2D eigenvalue weighted by Crippen LogP contribution is 2.21. The fourth-order valence-corrected chi connectivity index (χ4v) is 2.60. The van der Waals surface area contributed by atoms with Crippen molar-refractivity contribution >= 4 is 17.5 Å². The Morgan fingerprint density at radius 2 is 2.17 bits per heavy atom. The number of hydrogen-bond acceptors (Lipinski definition) is 4. The number of aliphatic hydroxyl groups excluding tert-OH is 1. The van der Waals surface area contributed by atoms with Crippen molar-refractivity contribution in [2.45, 2.75) is 13.0 Å². The van der Waals surface area contributed by atoms with E-state index in [0.29, 0.717) is 16.5 Å². The molecule has 0 spiro atoms. The molecule has 2 aromatic heterocycles. The largest absolute Gasteiger partial charge is 0.467 e. The smallest absolute Gasteiger partial charge is 0.272 e. The molecule has 1 aromatic carbocycles. The molecule has 24 heavy (non-hydrogen) atoms. The summed E-state index contributed by atoms with van der Waals surface area (Å²) in [5, 5.41) is 17.0. The third-order valence-electron chi connectivity index (χ3n) is 3.58. The molecule has 0 aliphatic rings. The van der Waals surface area contributed by atoms with Gasteiger partial charge in [-0.05, 0) is 37.3 Å². The molecule has 124 valence electrons. The lowest BCUT2D eigenvalue weighted by atomic mass is 10.2. The zero-order valence-corrected chi connectivity index (χ0v) is 13.7. The molecule has 2 N–H and O–H groups in total. The minimum Gasteiger partial charge on any atom is -0.467 e. The highest BCUT2D eigenvalue weighted by atomic mass is 35.5. The van der Waals surface area contributed by atoms with E-state index < -0.39 is 11.9 Å². The molecule has 6 nitrogen and oxygen atoms in total. The number of carbonyl (C=O) groups excluding carboxylic acids is 1. The van der Waals surface area contributed by atoms with Crippen molar-refractivity contribution in [1.82, 2.24) is 15.1 Å². The average Bonchev–Trinajstić information content (AvgIpc) is 3.23. The van der Waals surface area contributed by atoms with Gasteiger partial charge < -0.3 is 14.8 Å². The van der Waals surface area contributed by atoms with Crippen LogP contribution in [-0.4, -0.2) is 27.4 Å². The van der Waals surface area contributed by atoms with Crippen molar-refractivity contribution in [2.75, 3.05) is 6.61 Å². The van der Waals surface area contributed by atoms with Crippen molar-refractivity contribution < 1.29 is 14.3 Å². The lowest BCUT2D eigenvalue weighted by molar-refractivity contribution is 0.0902. The molecule has 2 heterocycles. The van der Waals surface area contributed by atoms with Crippen molar-refractivity contribution in [3.05, 3.63) is 70.9 Å². The second-order valence-electron chi connectivity index (χ2n) is 5.26. The van der Waals surface area contributed by atoms with E-state index in [0.717, 1.165) is 5.69 Å². The first-order valence-corrected chi connectivity index (χ1v) is 7.74. The summed E-state index contributed by atoms with van der Waals surface area (Å²) in [4.78, 5) is 12.4. The number of nitrogens with one attached hydrogen (secondary N) is 1. The maximum atomic E-state index is 12.4. The number of rotatable bonds is 5. The molecule has 0 fully saturated rings. The Bertz CT molecular complexity index is 843. The molecule has 1 atom stereocenters. The SMILES string of the molecule is Cc1cc(C(=O)NC(CO)c2ccco2)nn1-c1ccccc1Cl. The van der Waals surface area contributed by atoms with Gasteiger partial charge in [0, 0.05) is 5.69 Å². The van der Waals surface area contributed by atoms with Gasteiger partial charge in [-0.2, -0.15) is 5.10 Å². The quantitative estimate of drug-likeness (QED) is 0.745. The molecule has 0 radical (unpaired) electrons. The van der Waals surface area contributed by atoms with Gasteiger partial charge >= 0.3 is 0 Å². The lowest BCUT2D eigenvalue weighted by Gasteiger charge is -2.12. The molecule has 0 saturated carbocycles. The molecule has 3 rings (SSSR count). The second-order valence-corrected chi connectivity index (χ2v) is 5.67. The second kappa shape index (κ2) is 6.90. The van der Waals surface area contributed by atoms with Crippen LogP contribution in [0, 0.1) is 6.92 Å². The third kappa shape index (κ3) is 3.20. The molecule has 0 aliphatic heterocycles. The summed E-state index contributed by atoms with van der Waals surface area (Å²) in [5.41, 5.74) is 1.70. The first-order chi connectivity index (χ1) is 11.6. The number of aryl methyl sites for hydroxylation is 1. The fourth-order valence-electron chi connectivity index (χ4n) is 2.38. The van der Waals surface area contributed by atoms with Crippen LogP contribution in [0.2, 0.25) is 5.02 Å². The van der Waals surface area contributed by atoms with E-state index in [1.807, 2.05) is 25.1 Å². The van der Waals surface area contributed by atoms with Gasteiger partial charge in [0.25, 0.3) is 5.91 Å². The zero-order chi connectivity index (χ0) is 17.1. The molecule has 1 amide bonds. The van der Waals surface area contributed by atoms with Crippen LogP contribution in [0.1, 0.15) is 28.0 Å². The Hall–Kier alpha value is -2.57. The highest BCUT2D eigenvalue weighted by molar-refractivity contribution is 6.32. The Morgan fingerprint density at radius 1 is 1.38 bits per heavy atom. The van der Waals surface area contributed by atoms with Crippen LogP contribution in [0.15, 0.2) is 53.1 Å². The van der Waals surface area contributed by atoms with E-state index in [2.05, 4.69) is 10.4 Å². The van der Waals surface area contributed by atoms with E-state index in [4.69, 9.17) is 16.0 Å². The number of hydrogen-bond donors (Lipinski definition) is 2. The summed E-state index contributed by atoms with van der Waals surface area (Å²) in [6.45, 7) is 1.56. The maximum absolute atomic E-state index is 12.4. The first kappa shape index (κ1) is 16.3. The zero-order valence-electron chi connectivity index (χ0n) is 12.9. The van der Waals surface area contributed by atoms with Crippen LogP contribution < -0.4 is 5.32 Å². The number of para-hydroxylation sites is 1. The van der Waals surface area contributed by atoms with E-state index >= 15 is 0 Å². The highest BCUT2D eigenvalue weighted by Gasteiger charge is 2.20. The van der Waals surface area contributed by atoms with Gasteiger partial charge in [-0.25, -0.2) is 4.68 Å². The van der Waals surface area contributed by atoms with Crippen LogP contribution in [-0.2, 0) is 0 Å². The van der Waals surface area contributed by atoms with Crippen LogP contribution in [0.4, 0.5) is 0 Å². The maximum Gasteiger partial charge on any atom is 0.272 e. The third-order valence-corrected chi connectivity index (χ3v) is 3.89. The van der Waals surface area contributed by atoms with Crippen molar-refractivity contribution in [3.63, 3.8) is 0 Å². The summed E-state index contributed by atoms with van der Waals surface area (Å²) in [6, 6.07) is 11.7.